The molecule has 2 aromatic heterocycles. The van der Waals surface area contributed by atoms with Gasteiger partial charge in [0.25, 0.3) is 0 Å². The van der Waals surface area contributed by atoms with E-state index < -0.39 is 0 Å². The summed E-state index contributed by atoms with van der Waals surface area (Å²) in [6.07, 6.45) is 4.24. The Bertz CT molecular complexity index is 871. The van der Waals surface area contributed by atoms with E-state index in [1.807, 2.05) is 31.3 Å². The smallest absolute Gasteiger partial charge is 0.141 e. The van der Waals surface area contributed by atoms with Crippen LogP contribution in [-0.2, 0) is 11.2 Å². The highest BCUT2D eigenvalue weighted by Crippen LogP contribution is 2.31. The first-order valence-electron chi connectivity index (χ1n) is 8.55. The van der Waals surface area contributed by atoms with Crippen LogP contribution >= 0.6 is 0 Å². The molecule has 1 N–H and O–H groups in total. The maximum Gasteiger partial charge on any atom is 0.141 e. The number of aliphatic hydroxyl groups excluding tert-OH is 1. The molecule has 4 rings (SSSR count). The summed E-state index contributed by atoms with van der Waals surface area (Å²) in [5, 5.41) is 10.0. The van der Waals surface area contributed by atoms with E-state index in [-0.39, 0.29) is 12.8 Å². The Balaban J connectivity index is 1.74. The molecule has 0 spiro atoms. The summed E-state index contributed by atoms with van der Waals surface area (Å²) in [6.45, 7) is 0.873. The van der Waals surface area contributed by atoms with Gasteiger partial charge in [-0.3, -0.25) is 0 Å². The van der Waals surface area contributed by atoms with Gasteiger partial charge in [0.05, 0.1) is 12.1 Å². The molecule has 1 saturated heterocycles. The van der Waals surface area contributed by atoms with Crippen molar-refractivity contribution < 1.29 is 14.3 Å². The Kier molecular flexibility index (Phi) is 4.38. The van der Waals surface area contributed by atoms with E-state index in [9.17, 15) is 0 Å². The predicted molar refractivity (Wildman–Crippen MR) is 95.4 cm³/mol. The van der Waals surface area contributed by atoms with Gasteiger partial charge in [-0.05, 0) is 43.2 Å². The number of hydrogen-bond donors (Lipinski definition) is 1. The van der Waals surface area contributed by atoms with Crippen molar-refractivity contribution in [2.45, 2.75) is 25.5 Å². The van der Waals surface area contributed by atoms with Gasteiger partial charge in [-0.15, -0.1) is 0 Å². The number of rotatable bonds is 5. The standard InChI is InChI=1S/C19H21N3O3/c1-22(18-3-2-10-24-18)19-15-11-13(4-6-16(15)20-12-21-19)17-7-5-14(25-17)8-9-23/h4-7,11-12,18,23H,2-3,8-10H2,1H3. The Morgan fingerprint density at radius 3 is 2.96 bits per heavy atom. The fraction of sp³-hybridized carbons (Fsp3) is 0.368. The molecule has 25 heavy (non-hydrogen) atoms. The van der Waals surface area contributed by atoms with E-state index >= 15 is 0 Å². The minimum Gasteiger partial charge on any atom is -0.461 e. The van der Waals surface area contributed by atoms with E-state index in [0.717, 1.165) is 53.3 Å². The molecule has 3 heterocycles. The summed E-state index contributed by atoms with van der Waals surface area (Å²) in [6, 6.07) is 9.86. The number of nitrogens with zero attached hydrogens (tertiary/aromatic N) is 3. The Morgan fingerprint density at radius 2 is 2.16 bits per heavy atom. The second-order valence-corrected chi connectivity index (χ2v) is 6.25. The Labute approximate surface area is 146 Å². The molecule has 3 aromatic rings. The molecule has 130 valence electrons. The second-order valence-electron chi connectivity index (χ2n) is 6.25. The van der Waals surface area contributed by atoms with Gasteiger partial charge in [-0.25, -0.2) is 9.97 Å². The van der Waals surface area contributed by atoms with Crippen LogP contribution in [0.25, 0.3) is 22.2 Å². The van der Waals surface area contributed by atoms with Gasteiger partial charge in [0, 0.05) is 31.0 Å². The number of anilines is 1. The normalized spacial score (nSPS) is 17.3. The zero-order valence-corrected chi connectivity index (χ0v) is 14.2. The number of aliphatic hydroxyl groups is 1. The third-order valence-electron chi connectivity index (χ3n) is 4.59. The molecule has 0 radical (unpaired) electrons. The van der Waals surface area contributed by atoms with Gasteiger partial charge < -0.3 is 19.2 Å². The van der Waals surface area contributed by atoms with Crippen LogP contribution < -0.4 is 4.90 Å². The van der Waals surface area contributed by atoms with Crippen LogP contribution in [0.4, 0.5) is 5.82 Å². The Hall–Kier alpha value is -2.44. The highest BCUT2D eigenvalue weighted by molar-refractivity contribution is 5.92. The predicted octanol–water partition coefficient (Wildman–Crippen LogP) is 3.00. The maximum atomic E-state index is 9.05. The average Bonchev–Trinajstić information content (AvgIpc) is 3.32. The zero-order chi connectivity index (χ0) is 17.2. The summed E-state index contributed by atoms with van der Waals surface area (Å²) in [7, 11) is 2.01. The fourth-order valence-electron chi connectivity index (χ4n) is 3.26. The molecule has 0 saturated carbocycles. The topological polar surface area (TPSA) is 71.6 Å². The minimum absolute atomic E-state index is 0.0570. The van der Waals surface area contributed by atoms with Crippen molar-refractivity contribution in [3.8, 4) is 11.3 Å². The van der Waals surface area contributed by atoms with E-state index in [2.05, 4.69) is 20.9 Å². The lowest BCUT2D eigenvalue weighted by atomic mass is 10.1. The van der Waals surface area contributed by atoms with Gasteiger partial charge >= 0.3 is 0 Å². The van der Waals surface area contributed by atoms with Crippen molar-refractivity contribution in [3.05, 3.63) is 42.4 Å². The van der Waals surface area contributed by atoms with E-state index in [1.54, 1.807) is 6.33 Å². The largest absolute Gasteiger partial charge is 0.461 e. The van der Waals surface area contributed by atoms with Crippen molar-refractivity contribution in [1.82, 2.24) is 9.97 Å². The lowest BCUT2D eigenvalue weighted by Gasteiger charge is -2.25. The number of benzene rings is 1. The summed E-state index contributed by atoms with van der Waals surface area (Å²) in [5.41, 5.74) is 1.86. The molecular weight excluding hydrogens is 318 g/mol. The van der Waals surface area contributed by atoms with Gasteiger partial charge in [0.2, 0.25) is 0 Å². The molecule has 6 heteroatoms. The number of ether oxygens (including phenoxy) is 1. The molecule has 1 unspecified atom stereocenters. The highest BCUT2D eigenvalue weighted by atomic mass is 16.5. The van der Waals surface area contributed by atoms with Crippen LogP contribution in [0.2, 0.25) is 0 Å². The van der Waals surface area contributed by atoms with Crippen molar-refractivity contribution >= 4 is 16.7 Å². The van der Waals surface area contributed by atoms with Crippen LogP contribution in [-0.4, -0.2) is 41.6 Å². The van der Waals surface area contributed by atoms with Gasteiger partial charge in [0.15, 0.2) is 0 Å². The van der Waals surface area contributed by atoms with Crippen molar-refractivity contribution in [3.63, 3.8) is 0 Å². The fourth-order valence-corrected chi connectivity index (χ4v) is 3.26. The monoisotopic (exact) mass is 339 g/mol. The van der Waals surface area contributed by atoms with Gasteiger partial charge in [-0.2, -0.15) is 0 Å². The SMILES string of the molecule is CN(c1ncnc2ccc(-c3ccc(CCO)o3)cc12)C1CCCO1. The average molecular weight is 339 g/mol. The van der Waals surface area contributed by atoms with E-state index in [4.69, 9.17) is 14.3 Å². The van der Waals surface area contributed by atoms with Gasteiger partial charge in [0.1, 0.15) is 29.9 Å². The molecule has 1 aliphatic rings. The van der Waals surface area contributed by atoms with Crippen LogP contribution in [0.1, 0.15) is 18.6 Å². The molecule has 1 fully saturated rings. The lowest BCUT2D eigenvalue weighted by Crippen LogP contribution is -2.31. The minimum atomic E-state index is 0.0570. The number of hydrogen-bond acceptors (Lipinski definition) is 6. The number of fused-ring (bicyclic) bond motifs is 1. The third kappa shape index (κ3) is 3.10. The van der Waals surface area contributed by atoms with Crippen LogP contribution in [0.5, 0.6) is 0 Å². The molecule has 0 aliphatic carbocycles. The molecule has 1 atom stereocenters. The van der Waals surface area contributed by atoms with Crippen molar-refractivity contribution in [2.75, 3.05) is 25.2 Å². The number of furan rings is 1. The second kappa shape index (κ2) is 6.82. The molecule has 1 aliphatic heterocycles. The number of aromatic nitrogens is 2. The highest BCUT2D eigenvalue weighted by Gasteiger charge is 2.23. The maximum absolute atomic E-state index is 9.05. The summed E-state index contributed by atoms with van der Waals surface area (Å²) < 4.78 is 11.6. The first-order chi connectivity index (χ1) is 12.3. The van der Waals surface area contributed by atoms with Gasteiger partial charge in [-0.1, -0.05) is 0 Å². The van der Waals surface area contributed by atoms with Crippen molar-refractivity contribution in [2.24, 2.45) is 0 Å². The van der Waals surface area contributed by atoms with Crippen molar-refractivity contribution in [1.29, 1.82) is 0 Å². The summed E-state index contributed by atoms with van der Waals surface area (Å²) in [5.74, 6) is 2.42. The lowest BCUT2D eigenvalue weighted by molar-refractivity contribution is 0.111. The molecule has 0 amide bonds. The first-order valence-corrected chi connectivity index (χ1v) is 8.55. The van der Waals surface area contributed by atoms with Crippen LogP contribution in [0, 0.1) is 0 Å². The zero-order valence-electron chi connectivity index (χ0n) is 14.2. The third-order valence-corrected chi connectivity index (χ3v) is 4.59. The quantitative estimate of drug-likeness (QED) is 0.770. The summed E-state index contributed by atoms with van der Waals surface area (Å²) >= 11 is 0. The molecule has 0 bridgehead atoms. The Morgan fingerprint density at radius 1 is 1.24 bits per heavy atom. The molecular formula is C19H21N3O3. The van der Waals surface area contributed by atoms with Crippen LogP contribution in [0.3, 0.4) is 0 Å². The van der Waals surface area contributed by atoms with E-state index in [1.165, 1.54) is 0 Å². The first kappa shape index (κ1) is 16.1. The summed E-state index contributed by atoms with van der Waals surface area (Å²) in [4.78, 5) is 11.0. The van der Waals surface area contributed by atoms with Crippen LogP contribution in [0.15, 0.2) is 41.1 Å². The van der Waals surface area contributed by atoms with E-state index in [0.29, 0.717) is 6.42 Å². The molecule has 6 nitrogen and oxygen atoms in total. The molecule has 1 aromatic carbocycles.